The smallest absolute Gasteiger partial charge is 0.270 e. The number of carbonyl (C=O) groups is 3. The van der Waals surface area contributed by atoms with Crippen molar-refractivity contribution in [3.8, 4) is 0 Å². The molecule has 0 spiro atoms. The summed E-state index contributed by atoms with van der Waals surface area (Å²) in [5, 5.41) is 0.900. The zero-order valence-electron chi connectivity index (χ0n) is 11.7. The summed E-state index contributed by atoms with van der Waals surface area (Å²) >= 11 is 0. The van der Waals surface area contributed by atoms with Crippen molar-refractivity contribution >= 4 is 17.7 Å². The minimum Gasteiger partial charge on any atom is -0.272 e. The Bertz CT molecular complexity index is 625. The van der Waals surface area contributed by atoms with E-state index in [0.717, 1.165) is 10.6 Å². The number of rotatable bonds is 2. The fraction of sp³-hybridized carbons (Fsp3) is 0.312. The van der Waals surface area contributed by atoms with Gasteiger partial charge < -0.3 is 0 Å². The molecule has 1 aromatic carbocycles. The molecule has 2 atom stereocenters. The van der Waals surface area contributed by atoms with Crippen LogP contribution in [0.5, 0.6) is 0 Å². The fourth-order valence-corrected chi connectivity index (χ4v) is 2.90. The van der Waals surface area contributed by atoms with Gasteiger partial charge in [-0.05, 0) is 31.4 Å². The van der Waals surface area contributed by atoms with E-state index in [2.05, 4.69) is 5.43 Å². The average Bonchev–Trinajstić information content (AvgIpc) is 2.73. The number of amides is 3. The molecule has 2 aliphatic rings. The van der Waals surface area contributed by atoms with E-state index in [9.17, 15) is 14.4 Å². The highest BCUT2D eigenvalue weighted by Gasteiger charge is 2.48. The van der Waals surface area contributed by atoms with E-state index in [1.807, 2.05) is 31.2 Å². The second-order valence-corrected chi connectivity index (χ2v) is 5.42. The molecule has 5 heteroatoms. The highest BCUT2D eigenvalue weighted by atomic mass is 16.2. The van der Waals surface area contributed by atoms with Crippen molar-refractivity contribution in [2.45, 2.75) is 19.8 Å². The molecule has 108 valence electrons. The number of fused-ring (bicyclic) bond motifs is 1. The Balaban J connectivity index is 1.79. The predicted octanol–water partition coefficient (Wildman–Crippen LogP) is 1.59. The van der Waals surface area contributed by atoms with Crippen molar-refractivity contribution in [1.29, 1.82) is 0 Å². The maximum atomic E-state index is 12.3. The Morgan fingerprint density at radius 3 is 2.24 bits per heavy atom. The first kappa shape index (κ1) is 13.5. The number of hydrazine groups is 1. The lowest BCUT2D eigenvalue weighted by atomic mass is 9.85. The van der Waals surface area contributed by atoms with Gasteiger partial charge in [0.05, 0.1) is 11.8 Å². The van der Waals surface area contributed by atoms with Crippen molar-refractivity contribution in [2.24, 2.45) is 11.8 Å². The molecule has 5 nitrogen and oxygen atoms in total. The number of benzene rings is 1. The summed E-state index contributed by atoms with van der Waals surface area (Å²) in [6.45, 7) is 1.81. The van der Waals surface area contributed by atoms with Gasteiger partial charge in [-0.15, -0.1) is 0 Å². The van der Waals surface area contributed by atoms with Crippen molar-refractivity contribution in [1.82, 2.24) is 10.4 Å². The normalized spacial score (nSPS) is 24.1. The summed E-state index contributed by atoms with van der Waals surface area (Å²) in [7, 11) is 0. The topological polar surface area (TPSA) is 66.5 Å². The highest BCUT2D eigenvalue weighted by Crippen LogP contribution is 2.34. The molecule has 1 aliphatic carbocycles. The van der Waals surface area contributed by atoms with Gasteiger partial charge in [-0.25, -0.2) is 0 Å². The molecule has 0 bridgehead atoms. The number of hydrogen-bond acceptors (Lipinski definition) is 3. The van der Waals surface area contributed by atoms with E-state index in [-0.39, 0.29) is 23.7 Å². The molecule has 0 saturated carbocycles. The molecular weight excluding hydrogens is 268 g/mol. The first-order valence-electron chi connectivity index (χ1n) is 6.99. The van der Waals surface area contributed by atoms with Crippen LogP contribution in [0, 0.1) is 18.8 Å². The number of hydrogen-bond donors (Lipinski definition) is 1. The zero-order valence-corrected chi connectivity index (χ0v) is 11.7. The maximum absolute atomic E-state index is 12.3. The average molecular weight is 284 g/mol. The molecule has 1 N–H and O–H groups in total. The van der Waals surface area contributed by atoms with Crippen LogP contribution in [-0.2, 0) is 9.59 Å². The van der Waals surface area contributed by atoms with Crippen LogP contribution in [0.25, 0.3) is 0 Å². The monoisotopic (exact) mass is 284 g/mol. The molecule has 1 heterocycles. The third kappa shape index (κ3) is 2.24. The first-order valence-corrected chi connectivity index (χ1v) is 6.99. The van der Waals surface area contributed by atoms with E-state index < -0.39 is 5.91 Å². The van der Waals surface area contributed by atoms with Crippen molar-refractivity contribution < 1.29 is 14.4 Å². The van der Waals surface area contributed by atoms with Crippen molar-refractivity contribution in [3.63, 3.8) is 0 Å². The molecule has 0 radical (unpaired) electrons. The molecular formula is C16H16N2O3. The third-order valence-corrected chi connectivity index (χ3v) is 4.11. The Kier molecular flexibility index (Phi) is 3.33. The lowest BCUT2D eigenvalue weighted by molar-refractivity contribution is -0.142. The third-order valence-electron chi connectivity index (χ3n) is 4.11. The lowest BCUT2D eigenvalue weighted by Crippen LogP contribution is -2.46. The van der Waals surface area contributed by atoms with E-state index in [1.54, 1.807) is 12.1 Å². The molecule has 3 rings (SSSR count). The van der Waals surface area contributed by atoms with Gasteiger partial charge in [0.2, 0.25) is 0 Å². The van der Waals surface area contributed by atoms with Crippen molar-refractivity contribution in [3.05, 3.63) is 47.5 Å². The first-order chi connectivity index (χ1) is 10.1. The minimum atomic E-state index is -0.429. The molecule has 0 aromatic heterocycles. The molecule has 1 fully saturated rings. The quantitative estimate of drug-likeness (QED) is 0.662. The van der Waals surface area contributed by atoms with Crippen molar-refractivity contribution in [2.75, 3.05) is 0 Å². The Morgan fingerprint density at radius 2 is 1.67 bits per heavy atom. The molecule has 2 unspecified atom stereocenters. The molecule has 3 amide bonds. The van der Waals surface area contributed by atoms with Crippen LogP contribution in [0.4, 0.5) is 0 Å². The number of carbonyl (C=O) groups excluding carboxylic acids is 3. The Hall–Kier alpha value is -2.43. The van der Waals surface area contributed by atoms with Gasteiger partial charge in [0, 0.05) is 5.56 Å². The van der Waals surface area contributed by atoms with Gasteiger partial charge in [-0.3, -0.25) is 19.8 Å². The van der Waals surface area contributed by atoms with Crippen LogP contribution < -0.4 is 5.43 Å². The summed E-state index contributed by atoms with van der Waals surface area (Å²) in [6, 6.07) is 7.06. The van der Waals surface area contributed by atoms with Crippen LogP contribution in [0.1, 0.15) is 28.8 Å². The molecule has 21 heavy (non-hydrogen) atoms. The van der Waals surface area contributed by atoms with E-state index >= 15 is 0 Å². The standard InChI is InChI=1S/C16H16N2O3/c1-10-6-2-3-7-11(10)14(19)17-18-15(20)12-8-4-5-9-13(12)16(18)21/h2-7,12-13H,8-9H2,1H3,(H,17,19). The van der Waals surface area contributed by atoms with Crippen LogP contribution in [0.2, 0.25) is 0 Å². The number of nitrogens with zero attached hydrogens (tertiary/aromatic N) is 1. The maximum Gasteiger partial charge on any atom is 0.270 e. The highest BCUT2D eigenvalue weighted by molar-refractivity contribution is 6.08. The lowest BCUT2D eigenvalue weighted by Gasteiger charge is -2.16. The van der Waals surface area contributed by atoms with Crippen LogP contribution in [0.15, 0.2) is 36.4 Å². The van der Waals surface area contributed by atoms with Gasteiger partial charge in [0.25, 0.3) is 17.7 Å². The Labute approximate surface area is 122 Å². The molecule has 1 aliphatic heterocycles. The number of allylic oxidation sites excluding steroid dienone is 2. The summed E-state index contributed by atoms with van der Waals surface area (Å²) in [5.74, 6) is -1.71. The van der Waals surface area contributed by atoms with E-state index in [1.165, 1.54) is 0 Å². The van der Waals surface area contributed by atoms with Crippen LogP contribution in [0.3, 0.4) is 0 Å². The number of aryl methyl sites for hydroxylation is 1. The predicted molar refractivity (Wildman–Crippen MR) is 75.9 cm³/mol. The van der Waals surface area contributed by atoms with Crippen LogP contribution in [-0.4, -0.2) is 22.7 Å². The molecule has 1 saturated heterocycles. The number of imide groups is 1. The fourth-order valence-electron chi connectivity index (χ4n) is 2.90. The largest absolute Gasteiger partial charge is 0.272 e. The van der Waals surface area contributed by atoms with Gasteiger partial charge in [-0.2, -0.15) is 5.01 Å². The summed E-state index contributed by atoms with van der Waals surface area (Å²) in [5.41, 5.74) is 3.72. The number of nitrogens with one attached hydrogen (secondary N) is 1. The Morgan fingerprint density at radius 1 is 1.10 bits per heavy atom. The van der Waals surface area contributed by atoms with E-state index in [0.29, 0.717) is 18.4 Å². The minimum absolute atomic E-state index is 0.309. The van der Waals surface area contributed by atoms with E-state index in [4.69, 9.17) is 0 Å². The summed E-state index contributed by atoms with van der Waals surface area (Å²) in [4.78, 5) is 36.8. The summed E-state index contributed by atoms with van der Waals surface area (Å²) in [6.07, 6.45) is 4.95. The second kappa shape index (κ2) is 5.16. The van der Waals surface area contributed by atoms with Crippen LogP contribution >= 0.6 is 0 Å². The van der Waals surface area contributed by atoms with Gasteiger partial charge in [0.1, 0.15) is 0 Å². The zero-order chi connectivity index (χ0) is 15.0. The van der Waals surface area contributed by atoms with Gasteiger partial charge in [0.15, 0.2) is 0 Å². The SMILES string of the molecule is Cc1ccccc1C(=O)NN1C(=O)C2CC=CCC2C1=O. The van der Waals surface area contributed by atoms with Gasteiger partial charge in [-0.1, -0.05) is 30.4 Å². The summed E-state index contributed by atoms with van der Waals surface area (Å²) < 4.78 is 0. The second-order valence-electron chi connectivity index (χ2n) is 5.42. The van der Waals surface area contributed by atoms with Gasteiger partial charge >= 0.3 is 0 Å². The molecule has 1 aromatic rings.